The minimum atomic E-state index is -4.83. The third-order valence-electron chi connectivity index (χ3n) is 2.26. The van der Waals surface area contributed by atoms with Gasteiger partial charge in [-0.1, -0.05) is 6.92 Å². The molecule has 0 aliphatic carbocycles. The average Bonchev–Trinajstić information content (AvgIpc) is 2.23. The molecule has 0 aromatic carbocycles. The molecule has 0 saturated carbocycles. The molecule has 0 aliphatic rings. The number of amides is 1. The van der Waals surface area contributed by atoms with E-state index in [4.69, 9.17) is 5.11 Å². The number of carbonyl (C=O) groups is 2. The van der Waals surface area contributed by atoms with Crippen LogP contribution in [0.2, 0.25) is 0 Å². The first-order chi connectivity index (χ1) is 8.20. The Hall–Kier alpha value is -1.31. The van der Waals surface area contributed by atoms with E-state index in [0.29, 0.717) is 13.0 Å². The maximum Gasteiger partial charge on any atom is 0.403 e. The van der Waals surface area contributed by atoms with Crippen molar-refractivity contribution in [1.29, 1.82) is 0 Å². The summed E-state index contributed by atoms with van der Waals surface area (Å²) in [5.74, 6) is -4.93. The van der Waals surface area contributed by atoms with Crippen molar-refractivity contribution in [2.24, 2.45) is 5.92 Å². The first-order valence-corrected chi connectivity index (χ1v) is 5.50. The standard InChI is InChI=1S/C10H17F3N2O3/c1-3-4-14-8(16)6(2)15-5-7(9(17)18)10(11,12)13/h6-7,15H,3-5H2,1-2H3,(H,14,16)(H,17,18). The molecule has 3 N–H and O–H groups in total. The van der Waals surface area contributed by atoms with Crippen molar-refractivity contribution >= 4 is 11.9 Å². The third kappa shape index (κ3) is 5.85. The van der Waals surface area contributed by atoms with Crippen molar-refractivity contribution in [3.05, 3.63) is 0 Å². The second-order valence-electron chi connectivity index (χ2n) is 3.85. The van der Waals surface area contributed by atoms with Crippen LogP contribution in [-0.2, 0) is 9.59 Å². The number of rotatable bonds is 7. The van der Waals surface area contributed by atoms with Crippen molar-refractivity contribution in [1.82, 2.24) is 10.6 Å². The van der Waals surface area contributed by atoms with E-state index < -0.39 is 36.6 Å². The summed E-state index contributed by atoms with van der Waals surface area (Å²) in [6, 6.07) is -0.874. The predicted octanol–water partition coefficient (Wildman–Crippen LogP) is 0.754. The largest absolute Gasteiger partial charge is 0.481 e. The summed E-state index contributed by atoms with van der Waals surface area (Å²) >= 11 is 0. The Morgan fingerprint density at radius 3 is 2.28 bits per heavy atom. The molecule has 2 unspecified atom stereocenters. The number of halogens is 3. The van der Waals surface area contributed by atoms with Crippen molar-refractivity contribution in [2.45, 2.75) is 32.5 Å². The zero-order valence-corrected chi connectivity index (χ0v) is 10.2. The van der Waals surface area contributed by atoms with Gasteiger partial charge >= 0.3 is 12.1 Å². The van der Waals surface area contributed by atoms with Gasteiger partial charge in [-0.05, 0) is 13.3 Å². The van der Waals surface area contributed by atoms with Gasteiger partial charge in [0.2, 0.25) is 5.91 Å². The molecule has 0 aliphatic heterocycles. The number of carboxylic acids is 1. The van der Waals surface area contributed by atoms with Crippen LogP contribution in [0.5, 0.6) is 0 Å². The summed E-state index contributed by atoms with van der Waals surface area (Å²) in [5, 5.41) is 13.2. The maximum atomic E-state index is 12.3. The summed E-state index contributed by atoms with van der Waals surface area (Å²) in [4.78, 5) is 21.8. The van der Waals surface area contributed by atoms with Gasteiger partial charge in [0.05, 0.1) is 6.04 Å². The number of alkyl halides is 3. The molecular weight excluding hydrogens is 253 g/mol. The number of carboxylic acid groups (broad SMARTS) is 1. The Morgan fingerprint density at radius 1 is 1.33 bits per heavy atom. The second kappa shape index (κ2) is 7.20. The van der Waals surface area contributed by atoms with Crippen LogP contribution < -0.4 is 10.6 Å². The van der Waals surface area contributed by atoms with Crippen molar-refractivity contribution < 1.29 is 27.9 Å². The van der Waals surface area contributed by atoms with E-state index in [9.17, 15) is 22.8 Å². The summed E-state index contributed by atoms with van der Waals surface area (Å²) in [6.07, 6.45) is -4.13. The highest BCUT2D eigenvalue weighted by Crippen LogP contribution is 2.25. The lowest BCUT2D eigenvalue weighted by atomic mass is 10.1. The van der Waals surface area contributed by atoms with Gasteiger partial charge in [-0.25, -0.2) is 0 Å². The molecule has 0 fully saturated rings. The van der Waals surface area contributed by atoms with Gasteiger partial charge in [0.1, 0.15) is 0 Å². The van der Waals surface area contributed by atoms with E-state index in [1.165, 1.54) is 6.92 Å². The normalized spacial score (nSPS) is 14.9. The highest BCUT2D eigenvalue weighted by atomic mass is 19.4. The Kier molecular flexibility index (Phi) is 6.67. The molecule has 0 heterocycles. The van der Waals surface area contributed by atoms with Gasteiger partial charge in [0, 0.05) is 13.1 Å². The number of hydrogen-bond donors (Lipinski definition) is 3. The molecular formula is C10H17F3N2O3. The Balaban J connectivity index is 4.28. The quantitative estimate of drug-likeness (QED) is 0.638. The second-order valence-corrected chi connectivity index (χ2v) is 3.85. The van der Waals surface area contributed by atoms with E-state index in [1.807, 2.05) is 6.92 Å². The van der Waals surface area contributed by atoms with Gasteiger partial charge in [-0.2, -0.15) is 13.2 Å². The summed E-state index contributed by atoms with van der Waals surface area (Å²) in [6.45, 7) is 2.80. The molecule has 0 spiro atoms. The maximum absolute atomic E-state index is 12.3. The van der Waals surface area contributed by atoms with Crippen LogP contribution in [-0.4, -0.2) is 42.3 Å². The zero-order valence-electron chi connectivity index (χ0n) is 10.2. The lowest BCUT2D eigenvalue weighted by Gasteiger charge is -2.19. The molecule has 0 rings (SSSR count). The molecule has 8 heteroatoms. The Bertz CT molecular complexity index is 295. The molecule has 0 radical (unpaired) electrons. The van der Waals surface area contributed by atoms with Crippen molar-refractivity contribution in [2.75, 3.05) is 13.1 Å². The lowest BCUT2D eigenvalue weighted by molar-refractivity contribution is -0.192. The zero-order chi connectivity index (χ0) is 14.3. The smallest absolute Gasteiger partial charge is 0.403 e. The average molecular weight is 270 g/mol. The Morgan fingerprint density at radius 2 is 1.89 bits per heavy atom. The number of nitrogens with one attached hydrogen (secondary N) is 2. The minimum Gasteiger partial charge on any atom is -0.481 e. The van der Waals surface area contributed by atoms with Crippen LogP contribution >= 0.6 is 0 Å². The van der Waals surface area contributed by atoms with Gasteiger partial charge < -0.3 is 15.7 Å². The summed E-state index contributed by atoms with van der Waals surface area (Å²) in [7, 11) is 0. The Labute approximate surface area is 103 Å². The molecule has 1 amide bonds. The first kappa shape index (κ1) is 16.7. The van der Waals surface area contributed by atoms with Crippen LogP contribution in [0.25, 0.3) is 0 Å². The third-order valence-corrected chi connectivity index (χ3v) is 2.26. The van der Waals surface area contributed by atoms with Crippen LogP contribution in [0.3, 0.4) is 0 Å². The fraction of sp³-hybridized carbons (Fsp3) is 0.800. The highest BCUT2D eigenvalue weighted by Gasteiger charge is 2.45. The minimum absolute atomic E-state index is 0.423. The van der Waals surface area contributed by atoms with E-state index in [2.05, 4.69) is 10.6 Å². The van der Waals surface area contributed by atoms with Crippen LogP contribution in [0.1, 0.15) is 20.3 Å². The van der Waals surface area contributed by atoms with E-state index in [1.54, 1.807) is 0 Å². The lowest BCUT2D eigenvalue weighted by Crippen LogP contribution is -2.47. The number of carbonyl (C=O) groups excluding carboxylic acids is 1. The number of hydrogen-bond acceptors (Lipinski definition) is 3. The summed E-state index contributed by atoms with van der Waals surface area (Å²) in [5.41, 5.74) is 0. The van der Waals surface area contributed by atoms with E-state index in [-0.39, 0.29) is 0 Å². The molecule has 106 valence electrons. The van der Waals surface area contributed by atoms with Crippen molar-refractivity contribution in [3.63, 3.8) is 0 Å². The molecule has 2 atom stereocenters. The highest BCUT2D eigenvalue weighted by molar-refractivity contribution is 5.81. The van der Waals surface area contributed by atoms with Gasteiger partial charge in [-0.3, -0.25) is 9.59 Å². The molecule has 0 aromatic heterocycles. The van der Waals surface area contributed by atoms with Crippen LogP contribution in [0.4, 0.5) is 13.2 Å². The molecule has 5 nitrogen and oxygen atoms in total. The molecule has 18 heavy (non-hydrogen) atoms. The van der Waals surface area contributed by atoms with Crippen LogP contribution in [0, 0.1) is 5.92 Å². The van der Waals surface area contributed by atoms with Gasteiger partial charge in [-0.15, -0.1) is 0 Å². The van der Waals surface area contributed by atoms with Gasteiger partial charge in [0.25, 0.3) is 0 Å². The predicted molar refractivity (Wildman–Crippen MR) is 57.9 cm³/mol. The van der Waals surface area contributed by atoms with Gasteiger partial charge in [0.15, 0.2) is 5.92 Å². The van der Waals surface area contributed by atoms with E-state index in [0.717, 1.165) is 0 Å². The van der Waals surface area contributed by atoms with Crippen LogP contribution in [0.15, 0.2) is 0 Å². The first-order valence-electron chi connectivity index (χ1n) is 5.50. The van der Waals surface area contributed by atoms with E-state index >= 15 is 0 Å². The molecule has 0 aromatic rings. The number of aliphatic carboxylic acids is 1. The van der Waals surface area contributed by atoms with Crippen molar-refractivity contribution in [3.8, 4) is 0 Å². The molecule has 0 saturated heterocycles. The fourth-order valence-electron chi connectivity index (χ4n) is 1.13. The monoisotopic (exact) mass is 270 g/mol. The SMILES string of the molecule is CCCNC(=O)C(C)NCC(C(=O)O)C(F)(F)F. The topological polar surface area (TPSA) is 78.4 Å². The molecule has 0 bridgehead atoms. The summed E-state index contributed by atoms with van der Waals surface area (Å²) < 4.78 is 36.9. The fourth-order valence-corrected chi connectivity index (χ4v) is 1.13.